The van der Waals surface area contributed by atoms with Crippen molar-refractivity contribution in [3.05, 3.63) is 63.2 Å². The van der Waals surface area contributed by atoms with Crippen LogP contribution in [-0.4, -0.2) is 58.7 Å². The van der Waals surface area contributed by atoms with Gasteiger partial charge in [-0.05, 0) is 52.3 Å². The average molecular weight is 643 g/mol. The number of thioether (sulfide) groups is 1. The van der Waals surface area contributed by atoms with E-state index in [0.717, 1.165) is 9.13 Å². The molecule has 0 aliphatic carbocycles. The molecule has 2 aromatic carbocycles. The molecule has 0 unspecified atom stereocenters. The molecule has 0 spiro atoms. The molecule has 0 saturated carbocycles. The number of carboxylic acids is 1. The van der Waals surface area contributed by atoms with E-state index in [1.165, 1.54) is 18.9 Å². The zero-order chi connectivity index (χ0) is 27.5. The number of hydrogen-bond acceptors (Lipinski definition) is 7. The summed E-state index contributed by atoms with van der Waals surface area (Å²) in [5, 5.41) is 25.0. The van der Waals surface area contributed by atoms with Crippen LogP contribution in [0.4, 0.5) is 0 Å². The number of benzene rings is 2. The first-order valence-electron chi connectivity index (χ1n) is 11.5. The average Bonchev–Trinajstić information content (AvgIpc) is 2.86. The van der Waals surface area contributed by atoms with E-state index < -0.39 is 54.1 Å². The molecular formula is C26H31IN2O7S. The Labute approximate surface area is 233 Å². The summed E-state index contributed by atoms with van der Waals surface area (Å²) >= 11 is 3.36. The van der Waals surface area contributed by atoms with E-state index in [1.54, 1.807) is 32.0 Å². The maximum atomic E-state index is 13.1. The van der Waals surface area contributed by atoms with Crippen LogP contribution in [0.2, 0.25) is 0 Å². The topological polar surface area (TPSA) is 142 Å². The number of nitrogens with one attached hydrogen (secondary N) is 2. The number of halogens is 1. The number of methoxy groups -OCH3 is 1. The zero-order valence-corrected chi connectivity index (χ0v) is 23.7. The Bertz CT molecular complexity index is 1100. The van der Waals surface area contributed by atoms with Gasteiger partial charge < -0.3 is 25.6 Å². The van der Waals surface area contributed by atoms with E-state index in [4.69, 9.17) is 4.74 Å². The lowest BCUT2D eigenvalue weighted by Gasteiger charge is -2.26. The lowest BCUT2D eigenvalue weighted by molar-refractivity contribution is -0.140. The van der Waals surface area contributed by atoms with Gasteiger partial charge in [0, 0.05) is 14.9 Å². The van der Waals surface area contributed by atoms with E-state index in [0.29, 0.717) is 11.5 Å². The largest absolute Gasteiger partial charge is 0.496 e. The second kappa shape index (κ2) is 14.9. The zero-order valence-electron chi connectivity index (χ0n) is 20.8. The number of ketones is 1. The van der Waals surface area contributed by atoms with Gasteiger partial charge in [0.15, 0.2) is 11.9 Å². The van der Waals surface area contributed by atoms with Crippen LogP contribution < -0.4 is 15.4 Å². The summed E-state index contributed by atoms with van der Waals surface area (Å²) in [7, 11) is 1.42. The number of rotatable bonds is 14. The van der Waals surface area contributed by atoms with Gasteiger partial charge in [0.25, 0.3) is 5.91 Å². The van der Waals surface area contributed by atoms with Crippen LogP contribution in [0, 0.1) is 9.49 Å². The number of aliphatic carboxylic acids is 1. The van der Waals surface area contributed by atoms with Gasteiger partial charge in [-0.25, -0.2) is 0 Å². The number of aliphatic hydroxyl groups excluding tert-OH is 1. The van der Waals surface area contributed by atoms with E-state index >= 15 is 0 Å². The number of aliphatic hydroxyl groups is 1. The molecule has 0 bridgehead atoms. The molecule has 0 fully saturated rings. The number of carboxylic acid groups (broad SMARTS) is 1. The number of carbonyl (C=O) groups is 4. The summed E-state index contributed by atoms with van der Waals surface area (Å²) in [5.74, 6) is -2.74. The Morgan fingerprint density at radius 3 is 2.30 bits per heavy atom. The Hall–Kier alpha value is -2.64. The third kappa shape index (κ3) is 9.63. The van der Waals surface area contributed by atoms with Crippen LogP contribution in [0.15, 0.2) is 48.5 Å². The summed E-state index contributed by atoms with van der Waals surface area (Å²) in [4.78, 5) is 50.1. The fraction of sp³-hybridized carbons (Fsp3) is 0.385. The Kier molecular flexibility index (Phi) is 12.3. The third-order valence-corrected chi connectivity index (χ3v) is 7.12. The number of ether oxygens (including phenoxy) is 1. The SMILES string of the molecule is COc1ccc(I)cc1[C@@H](O)C(=O)N[C@H](C(=O)N[C@@H](CC(=O)O)C(=O)CSCc1ccccc1)C(C)C. The van der Waals surface area contributed by atoms with Crippen LogP contribution in [0.5, 0.6) is 5.75 Å². The highest BCUT2D eigenvalue weighted by Crippen LogP contribution is 2.27. The van der Waals surface area contributed by atoms with Crippen molar-refractivity contribution in [2.45, 2.75) is 44.2 Å². The molecule has 11 heteroatoms. The van der Waals surface area contributed by atoms with Crippen molar-refractivity contribution in [2.24, 2.45) is 5.92 Å². The van der Waals surface area contributed by atoms with Gasteiger partial charge in [-0.2, -0.15) is 0 Å². The normalized spacial score (nSPS) is 13.4. The van der Waals surface area contributed by atoms with E-state index in [1.807, 2.05) is 52.9 Å². The van der Waals surface area contributed by atoms with Crippen molar-refractivity contribution in [2.75, 3.05) is 12.9 Å². The maximum absolute atomic E-state index is 13.1. The molecule has 2 rings (SSSR count). The monoisotopic (exact) mass is 642 g/mol. The van der Waals surface area contributed by atoms with Crippen molar-refractivity contribution < 1.29 is 34.1 Å². The number of carbonyl (C=O) groups excluding carboxylic acids is 3. The lowest BCUT2D eigenvalue weighted by atomic mass is 10.0. The molecule has 0 aliphatic rings. The molecule has 0 heterocycles. The van der Waals surface area contributed by atoms with Gasteiger partial charge >= 0.3 is 5.97 Å². The van der Waals surface area contributed by atoms with Gasteiger partial charge in [-0.1, -0.05) is 44.2 Å². The third-order valence-electron chi connectivity index (χ3n) is 5.42. The summed E-state index contributed by atoms with van der Waals surface area (Å²) in [6, 6.07) is 12.1. The summed E-state index contributed by atoms with van der Waals surface area (Å²) in [6.45, 7) is 3.37. The molecule has 2 amide bonds. The van der Waals surface area contributed by atoms with Crippen molar-refractivity contribution in [1.82, 2.24) is 10.6 Å². The first-order chi connectivity index (χ1) is 17.5. The molecule has 200 valence electrons. The molecule has 37 heavy (non-hydrogen) atoms. The quantitative estimate of drug-likeness (QED) is 0.231. The van der Waals surface area contributed by atoms with Gasteiger partial charge in [0.05, 0.1) is 25.3 Å². The van der Waals surface area contributed by atoms with Crippen molar-refractivity contribution in [1.29, 1.82) is 0 Å². The molecule has 9 nitrogen and oxygen atoms in total. The van der Waals surface area contributed by atoms with E-state index in [9.17, 15) is 29.4 Å². The molecular weight excluding hydrogens is 611 g/mol. The Morgan fingerprint density at radius 2 is 1.70 bits per heavy atom. The molecule has 2 aromatic rings. The standard InChI is InChI=1S/C26H31IN2O7S/c1-15(2)23(29-26(35)24(33)18-11-17(27)9-10-21(18)36-3)25(34)28-19(12-22(31)32)20(30)14-37-13-16-7-5-4-6-8-16/h4-11,15,19,23-24,33H,12-14H2,1-3H3,(H,28,34)(H,29,35)(H,31,32)/t19-,23-,24+/m0/s1. The molecule has 0 aliphatic heterocycles. The highest BCUT2D eigenvalue weighted by Gasteiger charge is 2.32. The molecule has 3 atom stereocenters. The lowest BCUT2D eigenvalue weighted by Crippen LogP contribution is -2.55. The van der Waals surface area contributed by atoms with Crippen LogP contribution in [0.3, 0.4) is 0 Å². The van der Waals surface area contributed by atoms with E-state index in [-0.39, 0.29) is 11.3 Å². The number of Topliss-reactive ketones (excluding diaryl/α,β-unsaturated/α-hetero) is 1. The number of hydrogen-bond donors (Lipinski definition) is 4. The summed E-state index contributed by atoms with van der Waals surface area (Å²) in [5.41, 5.74) is 1.26. The van der Waals surface area contributed by atoms with Crippen molar-refractivity contribution >= 4 is 57.9 Å². The van der Waals surface area contributed by atoms with Gasteiger partial charge in [0.2, 0.25) is 5.91 Å². The Morgan fingerprint density at radius 1 is 1.03 bits per heavy atom. The smallest absolute Gasteiger partial charge is 0.305 e. The van der Waals surface area contributed by atoms with Gasteiger partial charge in [0.1, 0.15) is 11.8 Å². The second-order valence-corrected chi connectivity index (χ2v) is 10.9. The molecule has 0 radical (unpaired) electrons. The Balaban J connectivity index is 2.08. The van der Waals surface area contributed by atoms with Gasteiger partial charge in [-0.15, -0.1) is 11.8 Å². The minimum Gasteiger partial charge on any atom is -0.496 e. The fourth-order valence-electron chi connectivity index (χ4n) is 3.45. The van der Waals surface area contributed by atoms with Crippen LogP contribution in [0.25, 0.3) is 0 Å². The first kappa shape index (κ1) is 30.6. The van der Waals surface area contributed by atoms with Crippen LogP contribution in [-0.2, 0) is 24.9 Å². The predicted molar refractivity (Wildman–Crippen MR) is 149 cm³/mol. The van der Waals surface area contributed by atoms with Crippen molar-refractivity contribution in [3.8, 4) is 5.75 Å². The molecule has 4 N–H and O–H groups in total. The molecule has 0 aromatic heterocycles. The van der Waals surface area contributed by atoms with Crippen LogP contribution in [0.1, 0.15) is 37.5 Å². The summed E-state index contributed by atoms with van der Waals surface area (Å²) < 4.78 is 6.01. The number of amides is 2. The van der Waals surface area contributed by atoms with E-state index in [2.05, 4.69) is 10.6 Å². The predicted octanol–water partition coefficient (Wildman–Crippen LogP) is 2.94. The highest BCUT2D eigenvalue weighted by molar-refractivity contribution is 14.1. The maximum Gasteiger partial charge on any atom is 0.305 e. The summed E-state index contributed by atoms with van der Waals surface area (Å²) in [6.07, 6.45) is -2.19. The van der Waals surface area contributed by atoms with Gasteiger partial charge in [-0.3, -0.25) is 19.2 Å². The first-order valence-corrected chi connectivity index (χ1v) is 13.7. The highest BCUT2D eigenvalue weighted by atomic mass is 127. The van der Waals surface area contributed by atoms with Crippen LogP contribution >= 0.6 is 34.4 Å². The second-order valence-electron chi connectivity index (χ2n) is 8.62. The van der Waals surface area contributed by atoms with Crippen molar-refractivity contribution in [3.63, 3.8) is 0 Å². The molecule has 0 saturated heterocycles. The fourth-order valence-corrected chi connectivity index (χ4v) is 4.90. The minimum absolute atomic E-state index is 0.0109. The minimum atomic E-state index is -1.61.